The van der Waals surface area contributed by atoms with Crippen LogP contribution in [0.3, 0.4) is 0 Å². The van der Waals surface area contributed by atoms with Crippen molar-refractivity contribution in [3.63, 3.8) is 0 Å². The van der Waals surface area contributed by atoms with E-state index in [4.69, 9.17) is 11.5 Å². The van der Waals surface area contributed by atoms with Crippen LogP contribution in [0, 0.1) is 13.8 Å². The Labute approximate surface area is 162 Å². The highest BCUT2D eigenvalue weighted by Crippen LogP contribution is 2.25. The molecule has 0 saturated carbocycles. The molecule has 0 bridgehead atoms. The van der Waals surface area contributed by atoms with E-state index >= 15 is 0 Å². The molecular formula is C19H22N8O. The highest BCUT2D eigenvalue weighted by molar-refractivity contribution is 5.90. The van der Waals surface area contributed by atoms with Crippen molar-refractivity contribution in [2.75, 3.05) is 29.5 Å². The molecule has 2 heterocycles. The van der Waals surface area contributed by atoms with Crippen LogP contribution in [0.1, 0.15) is 21.6 Å². The van der Waals surface area contributed by atoms with Crippen LogP contribution in [0.25, 0.3) is 11.3 Å². The summed E-state index contributed by atoms with van der Waals surface area (Å²) in [7, 11) is 0. The molecule has 1 aromatic carbocycles. The maximum absolute atomic E-state index is 11.2. The Hall–Kier alpha value is -3.75. The number of hydrogen-bond acceptors (Lipinski definition) is 8. The van der Waals surface area contributed by atoms with Crippen molar-refractivity contribution in [1.29, 1.82) is 0 Å². The van der Waals surface area contributed by atoms with Crippen molar-refractivity contribution in [3.8, 4) is 11.3 Å². The monoisotopic (exact) mass is 378 g/mol. The summed E-state index contributed by atoms with van der Waals surface area (Å²) in [6, 6.07) is 9.39. The van der Waals surface area contributed by atoms with Gasteiger partial charge in [-0.25, -0.2) is 15.0 Å². The lowest BCUT2D eigenvalue weighted by Crippen LogP contribution is -2.18. The number of benzene rings is 1. The van der Waals surface area contributed by atoms with Crippen LogP contribution >= 0.6 is 0 Å². The molecule has 3 aromatic rings. The first-order valence-corrected chi connectivity index (χ1v) is 8.76. The van der Waals surface area contributed by atoms with Gasteiger partial charge in [0.05, 0.1) is 5.69 Å². The minimum Gasteiger partial charge on any atom is -0.368 e. The minimum atomic E-state index is -0.598. The predicted molar refractivity (Wildman–Crippen MR) is 109 cm³/mol. The number of aromatic nitrogens is 4. The molecule has 0 unspecified atom stereocenters. The summed E-state index contributed by atoms with van der Waals surface area (Å²) in [6.07, 6.45) is 1.48. The molecule has 0 radical (unpaired) electrons. The normalized spacial score (nSPS) is 10.5. The van der Waals surface area contributed by atoms with Gasteiger partial charge in [0, 0.05) is 30.9 Å². The largest absolute Gasteiger partial charge is 0.368 e. The van der Waals surface area contributed by atoms with Crippen molar-refractivity contribution in [2.24, 2.45) is 5.73 Å². The number of nitrogens with one attached hydrogen (secondary N) is 2. The van der Waals surface area contributed by atoms with E-state index in [1.165, 1.54) is 17.8 Å². The molecule has 0 aliphatic carbocycles. The van der Waals surface area contributed by atoms with Gasteiger partial charge in [0.2, 0.25) is 11.9 Å². The number of nitrogens with zero attached hydrogens (tertiary/aromatic N) is 4. The minimum absolute atomic E-state index is 0.159. The summed E-state index contributed by atoms with van der Waals surface area (Å²) in [5.41, 5.74) is 15.4. The average molecular weight is 378 g/mol. The van der Waals surface area contributed by atoms with Crippen molar-refractivity contribution >= 4 is 23.6 Å². The molecular weight excluding hydrogens is 356 g/mol. The van der Waals surface area contributed by atoms with Gasteiger partial charge < -0.3 is 22.1 Å². The van der Waals surface area contributed by atoms with Crippen LogP contribution in [0.5, 0.6) is 0 Å². The van der Waals surface area contributed by atoms with Gasteiger partial charge in [-0.1, -0.05) is 18.2 Å². The van der Waals surface area contributed by atoms with Crippen molar-refractivity contribution in [1.82, 2.24) is 19.9 Å². The second kappa shape index (κ2) is 8.30. The lowest BCUT2D eigenvalue weighted by Gasteiger charge is -2.11. The number of carbonyl (C=O) groups excluding carboxylic acids is 1. The Morgan fingerprint density at radius 2 is 1.86 bits per heavy atom. The molecule has 0 fully saturated rings. The van der Waals surface area contributed by atoms with Crippen LogP contribution < -0.4 is 22.1 Å². The summed E-state index contributed by atoms with van der Waals surface area (Å²) in [5, 5.41) is 6.22. The number of carbonyl (C=O) groups is 1. The Morgan fingerprint density at radius 1 is 1.07 bits per heavy atom. The zero-order chi connectivity index (χ0) is 20.1. The highest BCUT2D eigenvalue weighted by atomic mass is 16.1. The van der Waals surface area contributed by atoms with Crippen LogP contribution in [0.4, 0.5) is 17.7 Å². The maximum atomic E-state index is 11.2. The van der Waals surface area contributed by atoms with Crippen LogP contribution in [-0.4, -0.2) is 38.9 Å². The number of aryl methyl sites for hydroxylation is 1. The van der Waals surface area contributed by atoms with Crippen molar-refractivity contribution in [3.05, 3.63) is 53.3 Å². The first-order valence-electron chi connectivity index (χ1n) is 8.76. The van der Waals surface area contributed by atoms with Gasteiger partial charge >= 0.3 is 0 Å². The molecule has 0 atom stereocenters. The molecule has 144 valence electrons. The summed E-state index contributed by atoms with van der Waals surface area (Å²) in [5.74, 6) is 0.554. The van der Waals surface area contributed by atoms with E-state index in [1.807, 2.05) is 18.2 Å². The summed E-state index contributed by atoms with van der Waals surface area (Å²) >= 11 is 0. The number of hydrogen-bond donors (Lipinski definition) is 4. The average Bonchev–Trinajstić information content (AvgIpc) is 2.67. The van der Waals surface area contributed by atoms with E-state index in [1.54, 1.807) is 0 Å². The third-order valence-corrected chi connectivity index (χ3v) is 4.25. The molecule has 2 aromatic heterocycles. The summed E-state index contributed by atoms with van der Waals surface area (Å²) < 4.78 is 0. The van der Waals surface area contributed by atoms with Crippen LogP contribution in [-0.2, 0) is 0 Å². The molecule has 0 aliphatic rings. The first-order chi connectivity index (χ1) is 13.4. The fourth-order valence-electron chi connectivity index (χ4n) is 2.67. The molecule has 0 saturated heterocycles. The predicted octanol–water partition coefficient (Wildman–Crippen LogP) is 1.76. The Bertz CT molecular complexity index is 1000. The van der Waals surface area contributed by atoms with E-state index in [-0.39, 0.29) is 11.6 Å². The third kappa shape index (κ3) is 4.50. The van der Waals surface area contributed by atoms with Gasteiger partial charge in [-0.2, -0.15) is 4.98 Å². The molecule has 0 spiro atoms. The number of amides is 1. The van der Waals surface area contributed by atoms with Gasteiger partial charge in [0.15, 0.2) is 0 Å². The Kier molecular flexibility index (Phi) is 5.64. The van der Waals surface area contributed by atoms with Gasteiger partial charge in [-0.05, 0) is 31.0 Å². The quantitative estimate of drug-likeness (QED) is 0.455. The van der Waals surface area contributed by atoms with Crippen LogP contribution in [0.15, 0.2) is 36.5 Å². The third-order valence-electron chi connectivity index (χ3n) is 4.25. The zero-order valence-corrected chi connectivity index (χ0v) is 15.7. The lowest BCUT2D eigenvalue weighted by molar-refractivity contribution is 0.0995. The lowest BCUT2D eigenvalue weighted by atomic mass is 10.0. The number of primary amides is 1. The number of nitrogens with two attached hydrogens (primary N) is 2. The van der Waals surface area contributed by atoms with E-state index in [9.17, 15) is 4.79 Å². The van der Waals surface area contributed by atoms with Gasteiger partial charge in [-0.3, -0.25) is 4.79 Å². The second-order valence-electron chi connectivity index (χ2n) is 6.23. The summed E-state index contributed by atoms with van der Waals surface area (Å²) in [6.45, 7) is 5.15. The molecule has 3 rings (SSSR count). The number of nitrogen functional groups attached to an aromatic ring is 1. The standard InChI is InChI=1S/C19H22N8O/c1-11-4-3-5-13(12(11)2)15-10-16(27-18(21)25-15)22-8-9-24-19-23-7-6-14(26-19)17(20)28/h3-7,10H,8-9H2,1-2H3,(H2,20,28)(H,23,24,26)(H3,21,22,25,27). The molecule has 9 heteroatoms. The van der Waals surface area contributed by atoms with Crippen molar-refractivity contribution in [2.45, 2.75) is 13.8 Å². The molecule has 1 amide bonds. The molecule has 9 nitrogen and oxygen atoms in total. The fraction of sp³-hybridized carbons (Fsp3) is 0.211. The molecule has 0 aliphatic heterocycles. The Morgan fingerprint density at radius 3 is 2.64 bits per heavy atom. The molecule has 28 heavy (non-hydrogen) atoms. The van der Waals surface area contributed by atoms with E-state index in [0.717, 1.165) is 16.8 Å². The molecule has 6 N–H and O–H groups in total. The van der Waals surface area contributed by atoms with Crippen molar-refractivity contribution < 1.29 is 4.79 Å². The zero-order valence-electron chi connectivity index (χ0n) is 15.7. The second-order valence-corrected chi connectivity index (χ2v) is 6.23. The first kappa shape index (κ1) is 19.0. The van der Waals surface area contributed by atoms with E-state index in [0.29, 0.717) is 24.9 Å². The van der Waals surface area contributed by atoms with Crippen LogP contribution in [0.2, 0.25) is 0 Å². The van der Waals surface area contributed by atoms with E-state index < -0.39 is 5.91 Å². The smallest absolute Gasteiger partial charge is 0.267 e. The maximum Gasteiger partial charge on any atom is 0.267 e. The van der Waals surface area contributed by atoms with Gasteiger partial charge in [0.25, 0.3) is 5.91 Å². The summed E-state index contributed by atoms with van der Waals surface area (Å²) in [4.78, 5) is 27.8. The number of anilines is 3. The van der Waals surface area contributed by atoms with Gasteiger partial charge in [-0.15, -0.1) is 0 Å². The highest BCUT2D eigenvalue weighted by Gasteiger charge is 2.09. The van der Waals surface area contributed by atoms with E-state index in [2.05, 4.69) is 50.5 Å². The van der Waals surface area contributed by atoms with Gasteiger partial charge in [0.1, 0.15) is 11.5 Å². The number of rotatable bonds is 7. The topological polar surface area (TPSA) is 145 Å². The SMILES string of the molecule is Cc1cccc(-c2cc(NCCNc3nccc(C(N)=O)n3)nc(N)n2)c1C. The fourth-order valence-corrected chi connectivity index (χ4v) is 2.67. The Balaban J connectivity index is 1.65.